The molecule has 1 N–H and O–H groups in total. The van der Waals surface area contributed by atoms with Crippen molar-refractivity contribution in [1.29, 1.82) is 0 Å². The van der Waals surface area contributed by atoms with Gasteiger partial charge >= 0.3 is 0 Å². The first-order valence-electron chi connectivity index (χ1n) is 10.0. The van der Waals surface area contributed by atoms with Gasteiger partial charge in [-0.2, -0.15) is 0 Å². The summed E-state index contributed by atoms with van der Waals surface area (Å²) in [7, 11) is 0. The zero-order chi connectivity index (χ0) is 18.8. The highest BCUT2D eigenvalue weighted by atomic mass is 16.3. The smallest absolute Gasteiger partial charge is 0.0486 e. The fraction of sp³-hybridized carbons (Fsp3) is 0.435. The van der Waals surface area contributed by atoms with E-state index in [2.05, 4.69) is 51.7 Å². The van der Waals surface area contributed by atoms with E-state index in [-0.39, 0.29) is 6.61 Å². The maximum atomic E-state index is 9.18. The molecule has 0 fully saturated rings. The first-order chi connectivity index (χ1) is 13.2. The number of fused-ring (bicyclic) bond motifs is 3. The van der Waals surface area contributed by atoms with Crippen molar-refractivity contribution in [3.8, 4) is 0 Å². The lowest BCUT2D eigenvalue weighted by Gasteiger charge is -2.28. The first-order valence-corrected chi connectivity index (χ1v) is 10.0. The number of hydrogen-bond acceptors (Lipinski definition) is 3. The number of pyridine rings is 1. The Morgan fingerprint density at radius 3 is 2.78 bits per heavy atom. The Bertz CT molecular complexity index is 927. The summed E-state index contributed by atoms with van der Waals surface area (Å²) < 4.78 is 2.52. The zero-order valence-corrected chi connectivity index (χ0v) is 16.4. The number of aliphatic hydroxyl groups excluding tert-OH is 1. The number of hydrogen-bond donors (Lipinski definition) is 1. The van der Waals surface area contributed by atoms with Crippen LogP contribution >= 0.6 is 0 Å². The third kappa shape index (κ3) is 3.78. The number of aryl methyl sites for hydroxylation is 4. The Morgan fingerprint density at radius 1 is 1.11 bits per heavy atom. The van der Waals surface area contributed by atoms with E-state index in [1.54, 1.807) is 0 Å². The number of aromatic nitrogens is 2. The molecule has 0 unspecified atom stereocenters. The molecular formula is C23H29N3O. The lowest BCUT2D eigenvalue weighted by Crippen LogP contribution is -2.32. The van der Waals surface area contributed by atoms with Crippen molar-refractivity contribution in [3.05, 3.63) is 64.6 Å². The van der Waals surface area contributed by atoms with Gasteiger partial charge in [-0.05, 0) is 62.4 Å². The summed E-state index contributed by atoms with van der Waals surface area (Å²) in [5.74, 6) is 0. The summed E-state index contributed by atoms with van der Waals surface area (Å²) in [5, 5.41) is 10.6. The Labute approximate surface area is 161 Å². The number of benzene rings is 1. The maximum absolute atomic E-state index is 9.18. The Morgan fingerprint density at radius 2 is 2.00 bits per heavy atom. The molecule has 0 amide bonds. The maximum Gasteiger partial charge on any atom is 0.0486 e. The SMILES string of the molecule is Cc1ccc2c(c1)c1c(n2CCc2ccc(C)nc2)CN(CCCO)CC1. The molecule has 0 saturated carbocycles. The van der Waals surface area contributed by atoms with Gasteiger partial charge in [-0.1, -0.05) is 17.7 Å². The molecule has 4 nitrogen and oxygen atoms in total. The van der Waals surface area contributed by atoms with Crippen molar-refractivity contribution in [2.24, 2.45) is 0 Å². The van der Waals surface area contributed by atoms with Crippen LogP contribution in [0.3, 0.4) is 0 Å². The summed E-state index contributed by atoms with van der Waals surface area (Å²) in [6, 6.07) is 11.1. The van der Waals surface area contributed by atoms with Crippen LogP contribution in [0.4, 0.5) is 0 Å². The molecule has 0 radical (unpaired) electrons. The molecule has 3 heterocycles. The van der Waals surface area contributed by atoms with Crippen LogP contribution in [0.2, 0.25) is 0 Å². The number of rotatable bonds is 6. The van der Waals surface area contributed by atoms with Gasteiger partial charge in [0.05, 0.1) is 0 Å². The molecular weight excluding hydrogens is 334 g/mol. The minimum Gasteiger partial charge on any atom is -0.396 e. The molecule has 3 aromatic rings. The van der Waals surface area contributed by atoms with Gasteiger partial charge in [0.25, 0.3) is 0 Å². The van der Waals surface area contributed by atoms with Crippen LogP contribution in [-0.2, 0) is 25.9 Å². The molecule has 2 aromatic heterocycles. The number of nitrogens with zero attached hydrogens (tertiary/aromatic N) is 3. The molecule has 0 atom stereocenters. The van der Waals surface area contributed by atoms with Crippen molar-refractivity contribution in [3.63, 3.8) is 0 Å². The fourth-order valence-corrected chi connectivity index (χ4v) is 4.24. The predicted octanol–water partition coefficient (Wildman–Crippen LogP) is 3.64. The quantitative estimate of drug-likeness (QED) is 0.727. The molecule has 4 rings (SSSR count). The molecule has 0 aliphatic carbocycles. The van der Waals surface area contributed by atoms with E-state index in [0.717, 1.165) is 51.1 Å². The summed E-state index contributed by atoms with van der Waals surface area (Å²) in [6.45, 7) is 8.50. The standard InChI is InChI=1S/C23H29N3O/c1-17-4-7-22-21(14-17)20-9-11-25(10-3-13-27)16-23(20)26(22)12-8-19-6-5-18(2)24-15-19/h4-7,14-15,27H,3,8-13,16H2,1-2H3. The minimum atomic E-state index is 0.270. The zero-order valence-electron chi connectivity index (χ0n) is 16.4. The molecule has 0 bridgehead atoms. The third-order valence-electron chi connectivity index (χ3n) is 5.72. The van der Waals surface area contributed by atoms with Gasteiger partial charge in [0.2, 0.25) is 0 Å². The molecule has 0 saturated heterocycles. The third-order valence-corrected chi connectivity index (χ3v) is 5.72. The Balaban J connectivity index is 1.66. The van der Waals surface area contributed by atoms with Crippen molar-refractivity contribution >= 4 is 10.9 Å². The topological polar surface area (TPSA) is 41.3 Å². The normalized spacial score (nSPS) is 14.6. The number of aliphatic hydroxyl groups is 1. The lowest BCUT2D eigenvalue weighted by molar-refractivity contribution is 0.208. The lowest BCUT2D eigenvalue weighted by atomic mass is 10.0. The highest BCUT2D eigenvalue weighted by Crippen LogP contribution is 2.32. The van der Waals surface area contributed by atoms with Crippen LogP contribution in [0.1, 0.15) is 34.5 Å². The molecule has 1 aliphatic heterocycles. The van der Waals surface area contributed by atoms with Gasteiger partial charge in [-0.15, -0.1) is 0 Å². The van der Waals surface area contributed by atoms with E-state index < -0.39 is 0 Å². The largest absolute Gasteiger partial charge is 0.396 e. The van der Waals surface area contributed by atoms with E-state index in [1.807, 2.05) is 13.1 Å². The van der Waals surface area contributed by atoms with E-state index in [0.29, 0.717) is 0 Å². The highest BCUT2D eigenvalue weighted by Gasteiger charge is 2.23. The monoisotopic (exact) mass is 363 g/mol. The first kappa shape index (κ1) is 18.2. The molecule has 1 aliphatic rings. The Hall–Kier alpha value is -2.17. The molecule has 27 heavy (non-hydrogen) atoms. The Kier molecular flexibility index (Phi) is 5.28. The van der Waals surface area contributed by atoms with Crippen LogP contribution < -0.4 is 0 Å². The average molecular weight is 364 g/mol. The second-order valence-corrected chi connectivity index (χ2v) is 7.76. The van der Waals surface area contributed by atoms with Gasteiger partial charge in [0, 0.05) is 61.3 Å². The van der Waals surface area contributed by atoms with Gasteiger partial charge in [-0.25, -0.2) is 0 Å². The second kappa shape index (κ2) is 7.83. The second-order valence-electron chi connectivity index (χ2n) is 7.76. The van der Waals surface area contributed by atoms with Crippen molar-refractivity contribution in [1.82, 2.24) is 14.5 Å². The van der Waals surface area contributed by atoms with Crippen LogP contribution in [0.5, 0.6) is 0 Å². The average Bonchev–Trinajstić information content (AvgIpc) is 2.98. The van der Waals surface area contributed by atoms with Crippen LogP contribution in [-0.4, -0.2) is 39.3 Å². The van der Waals surface area contributed by atoms with Crippen LogP contribution in [0, 0.1) is 13.8 Å². The fourth-order valence-electron chi connectivity index (χ4n) is 4.24. The van der Waals surface area contributed by atoms with E-state index in [4.69, 9.17) is 0 Å². The summed E-state index contributed by atoms with van der Waals surface area (Å²) in [6.07, 6.45) is 4.95. The van der Waals surface area contributed by atoms with E-state index in [9.17, 15) is 5.11 Å². The van der Waals surface area contributed by atoms with Crippen LogP contribution in [0.25, 0.3) is 10.9 Å². The van der Waals surface area contributed by atoms with Crippen LogP contribution in [0.15, 0.2) is 36.5 Å². The predicted molar refractivity (Wildman–Crippen MR) is 110 cm³/mol. The molecule has 142 valence electrons. The van der Waals surface area contributed by atoms with Crippen molar-refractivity contribution in [2.75, 3.05) is 19.7 Å². The summed E-state index contributed by atoms with van der Waals surface area (Å²) >= 11 is 0. The van der Waals surface area contributed by atoms with E-state index in [1.165, 1.54) is 33.3 Å². The van der Waals surface area contributed by atoms with Gasteiger partial charge in [0.15, 0.2) is 0 Å². The molecule has 1 aromatic carbocycles. The summed E-state index contributed by atoms with van der Waals surface area (Å²) in [5.41, 5.74) is 8.02. The van der Waals surface area contributed by atoms with Gasteiger partial charge in [0.1, 0.15) is 0 Å². The highest BCUT2D eigenvalue weighted by molar-refractivity contribution is 5.86. The van der Waals surface area contributed by atoms with Gasteiger partial charge in [-0.3, -0.25) is 9.88 Å². The molecule has 0 spiro atoms. The van der Waals surface area contributed by atoms with Crippen molar-refractivity contribution in [2.45, 2.75) is 46.2 Å². The minimum absolute atomic E-state index is 0.270. The van der Waals surface area contributed by atoms with E-state index >= 15 is 0 Å². The van der Waals surface area contributed by atoms with Crippen molar-refractivity contribution < 1.29 is 5.11 Å². The van der Waals surface area contributed by atoms with Gasteiger partial charge < -0.3 is 9.67 Å². The summed E-state index contributed by atoms with van der Waals surface area (Å²) in [4.78, 5) is 6.93. The molecule has 4 heteroatoms.